The van der Waals surface area contributed by atoms with Gasteiger partial charge in [0.25, 0.3) is 5.91 Å². The van der Waals surface area contributed by atoms with Crippen molar-refractivity contribution >= 4 is 29.0 Å². The third-order valence-electron chi connectivity index (χ3n) is 5.15. The number of methoxy groups -OCH3 is 1. The summed E-state index contributed by atoms with van der Waals surface area (Å²) >= 11 is 0. The molecular weight excluding hydrogens is 409 g/mol. The summed E-state index contributed by atoms with van der Waals surface area (Å²) in [6.07, 6.45) is 3.61. The average Bonchev–Trinajstić information content (AvgIpc) is 3.25. The predicted octanol–water partition coefficient (Wildman–Crippen LogP) is 4.34. The third-order valence-corrected chi connectivity index (χ3v) is 5.15. The first-order chi connectivity index (χ1) is 15.6. The number of rotatable bonds is 7. The first kappa shape index (κ1) is 21.3. The predicted molar refractivity (Wildman–Crippen MR) is 122 cm³/mol. The summed E-state index contributed by atoms with van der Waals surface area (Å²) in [5, 5.41) is 20.5. The fourth-order valence-electron chi connectivity index (χ4n) is 3.52. The normalized spacial score (nSPS) is 12.2. The maximum absolute atomic E-state index is 13.1. The number of fused-ring (bicyclic) bond motifs is 1. The molecular formula is C25H22FN3O3. The molecule has 0 fully saturated rings. The molecule has 4 rings (SSSR count). The van der Waals surface area contributed by atoms with E-state index in [4.69, 9.17) is 4.74 Å². The van der Waals surface area contributed by atoms with Crippen molar-refractivity contribution in [1.82, 2.24) is 15.5 Å². The number of hydrogen-bond acceptors (Lipinski definition) is 4. The van der Waals surface area contributed by atoms with Gasteiger partial charge in [-0.1, -0.05) is 48.5 Å². The summed E-state index contributed by atoms with van der Waals surface area (Å²) in [6.45, 7) is -0.238. The molecule has 0 radical (unpaired) electrons. The van der Waals surface area contributed by atoms with Gasteiger partial charge in [0.05, 0.1) is 41.9 Å². The van der Waals surface area contributed by atoms with Crippen LogP contribution in [0.15, 0.2) is 66.7 Å². The molecule has 1 amide bonds. The second kappa shape index (κ2) is 9.45. The molecule has 0 bridgehead atoms. The first-order valence-corrected chi connectivity index (χ1v) is 10.1. The average molecular weight is 431 g/mol. The van der Waals surface area contributed by atoms with Crippen LogP contribution in [0, 0.1) is 5.82 Å². The van der Waals surface area contributed by atoms with Crippen LogP contribution in [0.3, 0.4) is 0 Å². The van der Waals surface area contributed by atoms with Gasteiger partial charge in [0.1, 0.15) is 11.6 Å². The summed E-state index contributed by atoms with van der Waals surface area (Å²) in [4.78, 5) is 13.1. The highest BCUT2D eigenvalue weighted by Crippen LogP contribution is 2.32. The number of halogens is 1. The lowest BCUT2D eigenvalue weighted by Gasteiger charge is -2.18. The number of nitrogens with zero attached hydrogens (tertiary/aromatic N) is 1. The van der Waals surface area contributed by atoms with Crippen LogP contribution in [0.4, 0.5) is 4.39 Å². The smallest absolute Gasteiger partial charge is 0.255 e. The lowest BCUT2D eigenvalue weighted by Crippen LogP contribution is -2.31. The minimum Gasteiger partial charge on any atom is -0.495 e. The maximum Gasteiger partial charge on any atom is 0.255 e. The van der Waals surface area contributed by atoms with E-state index in [9.17, 15) is 14.3 Å². The fraction of sp³-hybridized carbons (Fsp3) is 0.120. The monoisotopic (exact) mass is 431 g/mol. The topological polar surface area (TPSA) is 87.2 Å². The van der Waals surface area contributed by atoms with Gasteiger partial charge < -0.3 is 15.2 Å². The van der Waals surface area contributed by atoms with Crippen LogP contribution in [0.2, 0.25) is 0 Å². The molecule has 32 heavy (non-hydrogen) atoms. The van der Waals surface area contributed by atoms with E-state index in [1.807, 2.05) is 36.4 Å². The van der Waals surface area contributed by atoms with Crippen molar-refractivity contribution in [2.45, 2.75) is 6.04 Å². The number of aromatic amines is 1. The number of nitrogens with one attached hydrogen (secondary N) is 2. The van der Waals surface area contributed by atoms with E-state index in [1.54, 1.807) is 30.3 Å². The van der Waals surface area contributed by atoms with Gasteiger partial charge in [-0.25, -0.2) is 4.39 Å². The van der Waals surface area contributed by atoms with E-state index in [0.29, 0.717) is 27.9 Å². The highest BCUT2D eigenvalue weighted by molar-refractivity contribution is 6.05. The van der Waals surface area contributed by atoms with E-state index in [-0.39, 0.29) is 18.3 Å². The van der Waals surface area contributed by atoms with Crippen molar-refractivity contribution < 1.29 is 19.0 Å². The van der Waals surface area contributed by atoms with Crippen LogP contribution in [-0.2, 0) is 0 Å². The van der Waals surface area contributed by atoms with Crippen molar-refractivity contribution in [2.24, 2.45) is 0 Å². The third kappa shape index (κ3) is 4.38. The Balaban J connectivity index is 1.67. The number of ether oxygens (including phenoxy) is 1. The lowest BCUT2D eigenvalue weighted by atomic mass is 10.0. The Kier molecular flexibility index (Phi) is 6.28. The van der Waals surface area contributed by atoms with Gasteiger partial charge in [-0.3, -0.25) is 9.89 Å². The molecule has 0 aliphatic rings. The van der Waals surface area contributed by atoms with Crippen LogP contribution in [0.1, 0.15) is 33.2 Å². The number of carbonyl (C=O) groups is 1. The molecule has 0 aliphatic heterocycles. The molecule has 1 atom stereocenters. The lowest BCUT2D eigenvalue weighted by molar-refractivity contribution is 0.0913. The molecule has 1 heterocycles. The SMILES string of the molecule is COc1c(C(=O)N[C@@H](CO)c2ccccc2)ccc2n[nH]c(/C=C/c3ccc(F)cc3)c12. The highest BCUT2D eigenvalue weighted by atomic mass is 19.1. The molecule has 3 aromatic carbocycles. The Morgan fingerprint density at radius 1 is 1.12 bits per heavy atom. The van der Waals surface area contributed by atoms with E-state index < -0.39 is 6.04 Å². The Bertz CT molecular complexity index is 1250. The number of aromatic nitrogens is 2. The molecule has 3 N–H and O–H groups in total. The van der Waals surface area contributed by atoms with Gasteiger partial charge >= 0.3 is 0 Å². The van der Waals surface area contributed by atoms with Crippen molar-refractivity contribution in [3.8, 4) is 5.75 Å². The number of benzene rings is 3. The Hall–Kier alpha value is -3.97. The van der Waals surface area contributed by atoms with Crippen molar-refractivity contribution in [1.29, 1.82) is 0 Å². The molecule has 0 saturated carbocycles. The van der Waals surface area contributed by atoms with Gasteiger partial charge in [0.15, 0.2) is 0 Å². The molecule has 0 spiro atoms. The van der Waals surface area contributed by atoms with Crippen molar-refractivity contribution in [3.05, 3.63) is 94.9 Å². The summed E-state index contributed by atoms with van der Waals surface area (Å²) in [7, 11) is 1.49. The molecule has 162 valence electrons. The molecule has 0 aliphatic carbocycles. The standard InChI is InChI=1S/C25H22FN3O3/c1-32-24-19(25(31)27-22(15-30)17-5-3-2-4-6-17)12-14-21-23(24)20(28-29-21)13-9-16-7-10-18(26)11-8-16/h2-14,22,30H,15H2,1H3,(H,27,31)(H,28,29)/b13-9+/t22-/m0/s1. The molecule has 1 aromatic heterocycles. The van der Waals surface area contributed by atoms with Crippen LogP contribution in [-0.4, -0.2) is 34.9 Å². The zero-order valence-electron chi connectivity index (χ0n) is 17.4. The van der Waals surface area contributed by atoms with Gasteiger partial charge in [-0.2, -0.15) is 5.10 Å². The molecule has 7 heteroatoms. The summed E-state index contributed by atoms with van der Waals surface area (Å²) < 4.78 is 18.7. The minimum absolute atomic E-state index is 0.238. The number of aliphatic hydroxyl groups is 1. The fourth-order valence-corrected chi connectivity index (χ4v) is 3.52. The summed E-state index contributed by atoms with van der Waals surface area (Å²) in [6, 6.07) is 18.2. The zero-order chi connectivity index (χ0) is 22.5. The summed E-state index contributed by atoms with van der Waals surface area (Å²) in [5.41, 5.74) is 3.23. The minimum atomic E-state index is -0.550. The molecule has 4 aromatic rings. The molecule has 6 nitrogen and oxygen atoms in total. The van der Waals surface area contributed by atoms with E-state index >= 15 is 0 Å². The first-order valence-electron chi connectivity index (χ1n) is 10.1. The van der Waals surface area contributed by atoms with Crippen LogP contribution < -0.4 is 10.1 Å². The quantitative estimate of drug-likeness (QED) is 0.406. The van der Waals surface area contributed by atoms with Gasteiger partial charge in [-0.05, 0) is 41.5 Å². The Morgan fingerprint density at radius 3 is 2.56 bits per heavy atom. The highest BCUT2D eigenvalue weighted by Gasteiger charge is 2.21. The van der Waals surface area contributed by atoms with Crippen LogP contribution in [0.5, 0.6) is 5.75 Å². The molecule has 0 unspecified atom stereocenters. The summed E-state index contributed by atoms with van der Waals surface area (Å²) in [5.74, 6) is -0.304. The largest absolute Gasteiger partial charge is 0.495 e. The number of hydrogen-bond donors (Lipinski definition) is 3. The Morgan fingerprint density at radius 2 is 1.88 bits per heavy atom. The zero-order valence-corrected chi connectivity index (χ0v) is 17.4. The van der Waals surface area contributed by atoms with Crippen LogP contribution in [0.25, 0.3) is 23.1 Å². The number of H-pyrrole nitrogens is 1. The Labute approximate surface area is 184 Å². The maximum atomic E-state index is 13.1. The number of aliphatic hydroxyl groups excluding tert-OH is 1. The van der Waals surface area contributed by atoms with Gasteiger partial charge in [-0.15, -0.1) is 0 Å². The van der Waals surface area contributed by atoms with E-state index in [1.165, 1.54) is 19.2 Å². The van der Waals surface area contributed by atoms with Crippen LogP contribution >= 0.6 is 0 Å². The van der Waals surface area contributed by atoms with Gasteiger partial charge in [0, 0.05) is 0 Å². The van der Waals surface area contributed by atoms with Gasteiger partial charge in [0.2, 0.25) is 0 Å². The van der Waals surface area contributed by atoms with E-state index in [0.717, 1.165) is 11.1 Å². The number of carbonyl (C=O) groups excluding carboxylic acids is 1. The van der Waals surface area contributed by atoms with E-state index in [2.05, 4.69) is 15.5 Å². The second-order valence-electron chi connectivity index (χ2n) is 7.18. The number of amides is 1. The second-order valence-corrected chi connectivity index (χ2v) is 7.18. The van der Waals surface area contributed by atoms with Crippen molar-refractivity contribution in [3.63, 3.8) is 0 Å². The molecule has 0 saturated heterocycles. The van der Waals surface area contributed by atoms with Crippen molar-refractivity contribution in [2.75, 3.05) is 13.7 Å².